The van der Waals surface area contributed by atoms with Crippen LogP contribution >= 0.6 is 0 Å². The topological polar surface area (TPSA) is 66.6 Å². The smallest absolute Gasteiger partial charge is 0.234 e. The molecule has 4 nitrogen and oxygen atoms in total. The maximum absolute atomic E-state index is 11.2. The Bertz CT molecular complexity index is 233. The molecule has 1 aliphatic rings. The SMILES string of the molecule is CCC(C(N)=O)N1CCCC(C)(CO)C1. The summed E-state index contributed by atoms with van der Waals surface area (Å²) >= 11 is 0. The lowest BCUT2D eigenvalue weighted by molar-refractivity contribution is -0.125. The number of rotatable bonds is 4. The first-order valence-corrected chi connectivity index (χ1v) is 5.66. The van der Waals surface area contributed by atoms with Crippen molar-refractivity contribution in [3.05, 3.63) is 0 Å². The molecule has 1 fully saturated rings. The van der Waals surface area contributed by atoms with E-state index in [2.05, 4.69) is 11.8 Å². The second kappa shape index (κ2) is 4.94. The number of piperidine rings is 1. The molecule has 0 aromatic heterocycles. The van der Waals surface area contributed by atoms with Gasteiger partial charge in [0.15, 0.2) is 0 Å². The molecule has 2 unspecified atom stereocenters. The van der Waals surface area contributed by atoms with E-state index < -0.39 is 0 Å². The van der Waals surface area contributed by atoms with Gasteiger partial charge in [-0.2, -0.15) is 0 Å². The van der Waals surface area contributed by atoms with Gasteiger partial charge in [-0.15, -0.1) is 0 Å². The Kier molecular flexibility index (Phi) is 4.11. The van der Waals surface area contributed by atoms with Crippen LogP contribution in [0, 0.1) is 5.41 Å². The first-order valence-electron chi connectivity index (χ1n) is 5.66. The fourth-order valence-electron chi connectivity index (χ4n) is 2.39. The number of likely N-dealkylation sites (tertiary alicyclic amines) is 1. The molecule has 1 saturated heterocycles. The summed E-state index contributed by atoms with van der Waals surface area (Å²) in [4.78, 5) is 13.4. The lowest BCUT2D eigenvalue weighted by atomic mass is 9.82. The van der Waals surface area contributed by atoms with Crippen LogP contribution in [0.2, 0.25) is 0 Å². The maximum Gasteiger partial charge on any atom is 0.234 e. The van der Waals surface area contributed by atoms with E-state index in [9.17, 15) is 9.90 Å². The lowest BCUT2D eigenvalue weighted by Crippen LogP contribution is -2.52. The minimum Gasteiger partial charge on any atom is -0.396 e. The van der Waals surface area contributed by atoms with Crippen molar-refractivity contribution < 1.29 is 9.90 Å². The fourth-order valence-corrected chi connectivity index (χ4v) is 2.39. The molecule has 88 valence electrons. The second-order valence-corrected chi connectivity index (χ2v) is 4.87. The van der Waals surface area contributed by atoms with E-state index in [0.29, 0.717) is 0 Å². The van der Waals surface area contributed by atoms with Crippen LogP contribution in [-0.4, -0.2) is 41.7 Å². The molecule has 1 aliphatic heterocycles. The quantitative estimate of drug-likeness (QED) is 0.709. The predicted molar refractivity (Wildman–Crippen MR) is 59.3 cm³/mol. The van der Waals surface area contributed by atoms with Crippen LogP contribution in [0.15, 0.2) is 0 Å². The van der Waals surface area contributed by atoms with Crippen molar-refractivity contribution >= 4 is 5.91 Å². The van der Waals surface area contributed by atoms with Gasteiger partial charge < -0.3 is 10.8 Å². The Labute approximate surface area is 91.4 Å². The molecule has 0 spiro atoms. The zero-order chi connectivity index (χ0) is 11.5. The fraction of sp³-hybridized carbons (Fsp3) is 0.909. The second-order valence-electron chi connectivity index (χ2n) is 4.87. The number of carbonyl (C=O) groups excluding carboxylic acids is 1. The van der Waals surface area contributed by atoms with Gasteiger partial charge in [0, 0.05) is 18.6 Å². The van der Waals surface area contributed by atoms with Crippen molar-refractivity contribution in [3.63, 3.8) is 0 Å². The molecule has 1 amide bonds. The third-order valence-electron chi connectivity index (χ3n) is 3.35. The number of nitrogens with zero attached hydrogens (tertiary/aromatic N) is 1. The molecule has 0 aromatic rings. The predicted octanol–water partition coefficient (Wildman–Crippen LogP) is 0.345. The summed E-state index contributed by atoms with van der Waals surface area (Å²) in [6, 6.07) is -0.170. The van der Waals surface area contributed by atoms with Gasteiger partial charge in [0.2, 0.25) is 5.91 Å². The summed E-state index contributed by atoms with van der Waals surface area (Å²) in [6.45, 7) is 5.90. The molecule has 0 bridgehead atoms. The van der Waals surface area contributed by atoms with Crippen molar-refractivity contribution in [3.8, 4) is 0 Å². The molecule has 0 radical (unpaired) electrons. The zero-order valence-electron chi connectivity index (χ0n) is 9.70. The average molecular weight is 214 g/mol. The summed E-state index contributed by atoms with van der Waals surface area (Å²) < 4.78 is 0. The van der Waals surface area contributed by atoms with Crippen molar-refractivity contribution in [1.82, 2.24) is 4.90 Å². The van der Waals surface area contributed by atoms with E-state index in [0.717, 1.165) is 32.4 Å². The Morgan fingerprint density at radius 2 is 2.33 bits per heavy atom. The number of hydrogen-bond acceptors (Lipinski definition) is 3. The average Bonchev–Trinajstić information content (AvgIpc) is 2.18. The number of carbonyl (C=O) groups is 1. The van der Waals surface area contributed by atoms with Crippen LogP contribution in [0.3, 0.4) is 0 Å². The van der Waals surface area contributed by atoms with Crippen LogP contribution in [-0.2, 0) is 4.79 Å². The van der Waals surface area contributed by atoms with Crippen molar-refractivity contribution in [2.24, 2.45) is 11.1 Å². The maximum atomic E-state index is 11.2. The number of nitrogens with two attached hydrogens (primary N) is 1. The van der Waals surface area contributed by atoms with Gasteiger partial charge in [-0.25, -0.2) is 0 Å². The zero-order valence-corrected chi connectivity index (χ0v) is 9.70. The highest BCUT2D eigenvalue weighted by Crippen LogP contribution is 2.30. The van der Waals surface area contributed by atoms with E-state index in [1.54, 1.807) is 0 Å². The minimum atomic E-state index is -0.250. The first-order chi connectivity index (χ1) is 7.02. The third kappa shape index (κ3) is 2.92. The summed E-state index contributed by atoms with van der Waals surface area (Å²) in [7, 11) is 0. The molecule has 4 heteroatoms. The summed E-state index contributed by atoms with van der Waals surface area (Å²) in [5.41, 5.74) is 5.30. The largest absolute Gasteiger partial charge is 0.396 e. The highest BCUT2D eigenvalue weighted by atomic mass is 16.3. The number of primary amides is 1. The van der Waals surface area contributed by atoms with Crippen LogP contribution in [0.1, 0.15) is 33.1 Å². The third-order valence-corrected chi connectivity index (χ3v) is 3.35. The number of aliphatic hydroxyl groups excluding tert-OH is 1. The molecule has 15 heavy (non-hydrogen) atoms. The lowest BCUT2D eigenvalue weighted by Gasteiger charge is -2.42. The summed E-state index contributed by atoms with van der Waals surface area (Å²) in [6.07, 6.45) is 2.80. The van der Waals surface area contributed by atoms with Gasteiger partial charge in [-0.05, 0) is 25.8 Å². The van der Waals surface area contributed by atoms with Crippen LogP contribution in [0.4, 0.5) is 0 Å². The Balaban J connectivity index is 2.66. The van der Waals surface area contributed by atoms with E-state index in [4.69, 9.17) is 5.73 Å². The summed E-state index contributed by atoms with van der Waals surface area (Å²) in [5.74, 6) is -0.250. The molecule has 0 aromatic carbocycles. The number of amides is 1. The van der Waals surface area contributed by atoms with Crippen molar-refractivity contribution in [1.29, 1.82) is 0 Å². The molecule has 0 saturated carbocycles. The van der Waals surface area contributed by atoms with Gasteiger partial charge in [0.25, 0.3) is 0 Å². The highest BCUT2D eigenvalue weighted by Gasteiger charge is 2.34. The molecule has 1 rings (SSSR count). The monoisotopic (exact) mass is 214 g/mol. The van der Waals surface area contributed by atoms with Crippen molar-refractivity contribution in [2.75, 3.05) is 19.7 Å². The summed E-state index contributed by atoms with van der Waals surface area (Å²) in [5, 5.41) is 9.32. The number of hydrogen-bond donors (Lipinski definition) is 2. The Morgan fingerprint density at radius 3 is 2.80 bits per heavy atom. The molecular weight excluding hydrogens is 192 g/mol. The van der Waals surface area contributed by atoms with Crippen LogP contribution < -0.4 is 5.73 Å². The Morgan fingerprint density at radius 1 is 1.67 bits per heavy atom. The highest BCUT2D eigenvalue weighted by molar-refractivity contribution is 5.79. The van der Waals surface area contributed by atoms with Gasteiger partial charge in [-0.1, -0.05) is 13.8 Å². The van der Waals surface area contributed by atoms with E-state index in [1.807, 2.05) is 6.92 Å². The molecule has 0 aliphatic carbocycles. The van der Waals surface area contributed by atoms with E-state index >= 15 is 0 Å². The van der Waals surface area contributed by atoms with Gasteiger partial charge in [-0.3, -0.25) is 9.69 Å². The van der Waals surface area contributed by atoms with Crippen LogP contribution in [0.25, 0.3) is 0 Å². The van der Waals surface area contributed by atoms with Gasteiger partial charge in [0.1, 0.15) is 0 Å². The van der Waals surface area contributed by atoms with Gasteiger partial charge >= 0.3 is 0 Å². The van der Waals surface area contributed by atoms with Gasteiger partial charge in [0.05, 0.1) is 6.04 Å². The van der Waals surface area contributed by atoms with E-state index in [-0.39, 0.29) is 24.0 Å². The normalized spacial score (nSPS) is 30.1. The molecule has 1 heterocycles. The minimum absolute atomic E-state index is 0.0683. The standard InChI is InChI=1S/C11H22N2O2/c1-3-9(10(12)15)13-6-4-5-11(2,7-13)8-14/h9,14H,3-8H2,1-2H3,(H2,12,15). The number of aliphatic hydroxyl groups is 1. The van der Waals surface area contributed by atoms with Crippen LogP contribution in [0.5, 0.6) is 0 Å². The molecule has 2 atom stereocenters. The van der Waals surface area contributed by atoms with E-state index in [1.165, 1.54) is 0 Å². The van der Waals surface area contributed by atoms with Crippen molar-refractivity contribution in [2.45, 2.75) is 39.2 Å². The molecular formula is C11H22N2O2. The first kappa shape index (κ1) is 12.5. The molecule has 3 N–H and O–H groups in total. The Hall–Kier alpha value is -0.610.